The third-order valence-corrected chi connectivity index (χ3v) is 8.44. The van der Waals surface area contributed by atoms with E-state index in [1.54, 1.807) is 39.8 Å². The van der Waals surface area contributed by atoms with Crippen LogP contribution in [-0.4, -0.2) is 40.9 Å². The van der Waals surface area contributed by atoms with Gasteiger partial charge in [-0.25, -0.2) is 0 Å². The van der Waals surface area contributed by atoms with E-state index in [2.05, 4.69) is 0 Å². The molecule has 0 fully saturated rings. The fourth-order valence-electron chi connectivity index (χ4n) is 5.84. The number of aromatic hydroxyl groups is 8. The second-order valence-corrected chi connectivity index (χ2v) is 11.2. The Hall–Kier alpha value is -5.50. The highest BCUT2D eigenvalue weighted by molar-refractivity contribution is 5.61. The number of rotatable bonds is 6. The summed E-state index contributed by atoms with van der Waals surface area (Å²) >= 11 is 0. The summed E-state index contributed by atoms with van der Waals surface area (Å²) in [5.41, 5.74) is 5.57. The number of hydrogen-bond acceptors (Lipinski definition) is 8. The molecule has 0 saturated heterocycles. The molecule has 8 nitrogen and oxygen atoms in total. The van der Waals surface area contributed by atoms with Crippen molar-refractivity contribution >= 4 is 0 Å². The van der Waals surface area contributed by atoms with Gasteiger partial charge in [0.05, 0.1) is 0 Å². The average molecular weight is 595 g/mol. The minimum absolute atomic E-state index is 0.0747. The lowest BCUT2D eigenvalue weighted by atomic mass is 9.78. The number of hydrogen-bond donors (Lipinski definition) is 8. The molecule has 0 saturated carbocycles. The van der Waals surface area contributed by atoms with Gasteiger partial charge < -0.3 is 40.9 Å². The molecule has 0 bridgehead atoms. The highest BCUT2D eigenvalue weighted by Gasteiger charge is 2.28. The van der Waals surface area contributed by atoms with E-state index in [1.165, 1.54) is 36.4 Å². The molecule has 8 heteroatoms. The summed E-state index contributed by atoms with van der Waals surface area (Å²) < 4.78 is 0. The minimum Gasteiger partial charge on any atom is -0.508 e. The second-order valence-electron chi connectivity index (χ2n) is 11.2. The SMILES string of the molecule is Cc1cc(O)c(O)cc1C(c1ccc(C(c2ccc(O)c(C)c2O)c2ccc(O)c(C)c2O)cc1)c1cc(O)c(O)cc1C. The van der Waals surface area contributed by atoms with Crippen molar-refractivity contribution in [1.82, 2.24) is 0 Å². The van der Waals surface area contributed by atoms with Gasteiger partial charge in [0, 0.05) is 34.1 Å². The van der Waals surface area contributed by atoms with Crippen molar-refractivity contribution in [2.24, 2.45) is 0 Å². The maximum atomic E-state index is 11.1. The van der Waals surface area contributed by atoms with Crippen LogP contribution in [0.1, 0.15) is 67.5 Å². The molecule has 0 heterocycles. The molecule has 0 radical (unpaired) electrons. The van der Waals surface area contributed by atoms with Crippen LogP contribution in [0.5, 0.6) is 46.0 Å². The van der Waals surface area contributed by atoms with E-state index in [4.69, 9.17) is 0 Å². The smallest absolute Gasteiger partial charge is 0.157 e. The van der Waals surface area contributed by atoms with Crippen LogP contribution in [0.3, 0.4) is 0 Å². The Morgan fingerprint density at radius 1 is 0.364 bits per heavy atom. The van der Waals surface area contributed by atoms with E-state index in [0.717, 1.165) is 5.56 Å². The molecule has 0 aliphatic carbocycles. The monoisotopic (exact) mass is 594 g/mol. The van der Waals surface area contributed by atoms with Gasteiger partial charge in [-0.15, -0.1) is 0 Å². The van der Waals surface area contributed by atoms with Crippen LogP contribution in [-0.2, 0) is 0 Å². The van der Waals surface area contributed by atoms with Crippen molar-refractivity contribution in [3.05, 3.63) is 128 Å². The molecule has 0 atom stereocenters. The minimum atomic E-state index is -0.694. The Bertz CT molecular complexity index is 1750. The molecular formula is C36H34O8. The van der Waals surface area contributed by atoms with Crippen molar-refractivity contribution in [1.29, 1.82) is 0 Å². The maximum Gasteiger partial charge on any atom is 0.157 e. The van der Waals surface area contributed by atoms with Crippen molar-refractivity contribution in [3.8, 4) is 46.0 Å². The van der Waals surface area contributed by atoms with Crippen LogP contribution in [0.4, 0.5) is 0 Å². The summed E-state index contributed by atoms with van der Waals surface area (Å²) in [5, 5.41) is 83.7. The van der Waals surface area contributed by atoms with Crippen LogP contribution >= 0.6 is 0 Å². The van der Waals surface area contributed by atoms with Gasteiger partial charge in [-0.3, -0.25) is 0 Å². The molecule has 0 amide bonds. The third kappa shape index (κ3) is 5.15. The summed E-state index contributed by atoms with van der Waals surface area (Å²) in [7, 11) is 0. The topological polar surface area (TPSA) is 162 Å². The first-order valence-electron chi connectivity index (χ1n) is 14.0. The molecule has 0 aromatic heterocycles. The van der Waals surface area contributed by atoms with Crippen LogP contribution in [0.25, 0.3) is 0 Å². The molecule has 5 aromatic carbocycles. The summed E-state index contributed by atoms with van der Waals surface area (Å²) in [6.45, 7) is 6.78. The van der Waals surface area contributed by atoms with E-state index >= 15 is 0 Å². The molecule has 0 aliphatic heterocycles. The van der Waals surface area contributed by atoms with Crippen LogP contribution < -0.4 is 0 Å². The quantitative estimate of drug-likeness (QED) is 0.0776. The summed E-state index contributed by atoms with van der Waals surface area (Å²) in [4.78, 5) is 0. The highest BCUT2D eigenvalue weighted by Crippen LogP contribution is 2.47. The average Bonchev–Trinajstić information content (AvgIpc) is 2.99. The van der Waals surface area contributed by atoms with Gasteiger partial charge in [0.25, 0.3) is 0 Å². The summed E-state index contributed by atoms with van der Waals surface area (Å²) in [6, 6.07) is 19.4. The van der Waals surface area contributed by atoms with E-state index in [9.17, 15) is 40.9 Å². The first-order valence-corrected chi connectivity index (χ1v) is 14.0. The van der Waals surface area contributed by atoms with Gasteiger partial charge >= 0.3 is 0 Å². The summed E-state index contributed by atoms with van der Waals surface area (Å²) in [6.07, 6.45) is 0. The largest absolute Gasteiger partial charge is 0.508 e. The Morgan fingerprint density at radius 2 is 0.682 bits per heavy atom. The Balaban J connectivity index is 1.73. The Morgan fingerprint density at radius 3 is 1.05 bits per heavy atom. The van der Waals surface area contributed by atoms with Gasteiger partial charge in [-0.05, 0) is 97.5 Å². The molecule has 0 unspecified atom stereocenters. The zero-order valence-electron chi connectivity index (χ0n) is 24.7. The van der Waals surface area contributed by atoms with Gasteiger partial charge in [0.1, 0.15) is 23.0 Å². The van der Waals surface area contributed by atoms with Crippen molar-refractivity contribution < 1.29 is 40.9 Å². The zero-order valence-corrected chi connectivity index (χ0v) is 24.7. The standard InChI is InChI=1S/C36H34O8/c1-17-13-29(39)31(41)15-25(17)34(26-16-32(42)30(40)14-18(26)2)22-7-5-21(6-8-22)33(23-9-11-27(37)19(3)35(23)43)24-10-12-28(38)20(4)36(24)44/h5-16,33-34,37-44H,1-4H3. The number of aryl methyl sites for hydroxylation is 2. The van der Waals surface area contributed by atoms with Crippen molar-refractivity contribution in [3.63, 3.8) is 0 Å². The number of benzene rings is 5. The van der Waals surface area contributed by atoms with E-state index < -0.39 is 11.8 Å². The van der Waals surface area contributed by atoms with Gasteiger partial charge in [0.15, 0.2) is 23.0 Å². The first-order chi connectivity index (χ1) is 20.8. The molecule has 226 valence electrons. The van der Waals surface area contributed by atoms with Gasteiger partial charge in [-0.2, -0.15) is 0 Å². The lowest BCUT2D eigenvalue weighted by molar-refractivity contribution is 0.401. The lowest BCUT2D eigenvalue weighted by Gasteiger charge is -2.26. The highest BCUT2D eigenvalue weighted by atomic mass is 16.3. The molecule has 0 aliphatic rings. The molecule has 5 aromatic rings. The third-order valence-electron chi connectivity index (χ3n) is 8.44. The van der Waals surface area contributed by atoms with Gasteiger partial charge in [-0.1, -0.05) is 36.4 Å². The van der Waals surface area contributed by atoms with Crippen molar-refractivity contribution in [2.75, 3.05) is 0 Å². The molecular weight excluding hydrogens is 560 g/mol. The summed E-state index contributed by atoms with van der Waals surface area (Å²) in [5.74, 6) is -2.77. The fourth-order valence-corrected chi connectivity index (χ4v) is 5.84. The molecule has 8 N–H and O–H groups in total. The Kier molecular flexibility index (Phi) is 7.70. The maximum absolute atomic E-state index is 11.1. The fraction of sp³-hybridized carbons (Fsp3) is 0.167. The normalized spacial score (nSPS) is 11.4. The molecule has 0 spiro atoms. The predicted molar refractivity (Wildman–Crippen MR) is 166 cm³/mol. The molecule has 5 rings (SSSR count). The molecule has 44 heavy (non-hydrogen) atoms. The van der Waals surface area contributed by atoms with Crippen LogP contribution in [0, 0.1) is 27.7 Å². The number of phenolic OH excluding ortho intramolecular Hbond substituents is 8. The second kappa shape index (κ2) is 11.3. The lowest BCUT2D eigenvalue weighted by Crippen LogP contribution is -2.09. The van der Waals surface area contributed by atoms with Gasteiger partial charge in [0.2, 0.25) is 0 Å². The van der Waals surface area contributed by atoms with E-state index in [1.807, 2.05) is 24.3 Å². The first kappa shape index (κ1) is 30.0. The van der Waals surface area contributed by atoms with Crippen LogP contribution in [0.2, 0.25) is 0 Å². The Labute approximate surface area is 254 Å². The predicted octanol–water partition coefficient (Wildman–Crippen LogP) is 6.93. The zero-order chi connectivity index (χ0) is 32.0. The number of phenols is 8. The van der Waals surface area contributed by atoms with Crippen LogP contribution in [0.15, 0.2) is 72.8 Å². The van der Waals surface area contributed by atoms with Crippen molar-refractivity contribution in [2.45, 2.75) is 39.5 Å². The van der Waals surface area contributed by atoms with E-state index in [0.29, 0.717) is 38.9 Å². The van der Waals surface area contributed by atoms with E-state index in [-0.39, 0.29) is 57.1 Å².